The number of nitriles is 2. The van der Waals surface area contributed by atoms with E-state index in [1.54, 1.807) is 60.7 Å². The van der Waals surface area contributed by atoms with Gasteiger partial charge in [-0.3, -0.25) is 38.6 Å². The minimum atomic E-state index is -2.75. The number of aliphatic hydroxyl groups excluding tert-OH is 2. The molecule has 26 heteroatoms. The van der Waals surface area contributed by atoms with Crippen LogP contribution in [0.3, 0.4) is 0 Å². The Bertz CT molecular complexity index is 3720. The molecule has 0 spiro atoms. The average molecular weight is 1290 g/mol. The number of esters is 4. The summed E-state index contributed by atoms with van der Waals surface area (Å²) in [5.74, 6) is -9.64. The Kier molecular flexibility index (Phi) is 21.0. The van der Waals surface area contributed by atoms with Gasteiger partial charge in [-0.15, -0.1) is 0 Å². The summed E-state index contributed by atoms with van der Waals surface area (Å²) >= 11 is 0. The lowest BCUT2D eigenvalue weighted by molar-refractivity contribution is -0.181. The summed E-state index contributed by atoms with van der Waals surface area (Å²) in [6.45, 7) is 6.61. The number of piperazine rings is 2. The quantitative estimate of drug-likeness (QED) is 0.0460. The number of aliphatic hydroxyl groups is 2. The molecule has 94 heavy (non-hydrogen) atoms. The number of fused-ring (bicyclic) bond motifs is 2. The first kappa shape index (κ1) is 66.3. The van der Waals surface area contributed by atoms with E-state index in [1.807, 2.05) is 70.5 Å². The molecular weight excluding hydrogens is 1220 g/mol. The number of carbonyl (C=O) groups is 8. The highest BCUT2D eigenvalue weighted by Gasteiger charge is 2.41. The minimum absolute atomic E-state index is 0.126. The van der Waals surface area contributed by atoms with Crippen molar-refractivity contribution in [3.63, 3.8) is 0 Å². The van der Waals surface area contributed by atoms with Crippen molar-refractivity contribution < 1.29 is 76.3 Å². The number of amides is 4. The number of rotatable bonds is 25. The van der Waals surface area contributed by atoms with Gasteiger partial charge in [0.2, 0.25) is 11.8 Å². The second kappa shape index (κ2) is 29.8. The van der Waals surface area contributed by atoms with Crippen LogP contribution in [0.5, 0.6) is 11.5 Å². The molecule has 4 amide bonds. The molecule has 24 nitrogen and oxygen atoms in total. The summed E-state index contributed by atoms with van der Waals surface area (Å²) in [7, 11) is 0. The molecule has 2 fully saturated rings. The molecule has 4 heterocycles. The second-order valence-corrected chi connectivity index (χ2v) is 23.1. The number of primary amides is 2. The van der Waals surface area contributed by atoms with Crippen LogP contribution < -0.4 is 30.7 Å². The van der Waals surface area contributed by atoms with E-state index in [0.29, 0.717) is 99.4 Å². The maximum absolute atomic E-state index is 14.6. The van der Waals surface area contributed by atoms with Gasteiger partial charge >= 0.3 is 23.9 Å². The van der Waals surface area contributed by atoms with Crippen molar-refractivity contribution in [2.24, 2.45) is 11.5 Å². The van der Waals surface area contributed by atoms with Crippen molar-refractivity contribution in [2.45, 2.75) is 89.4 Å². The zero-order valence-corrected chi connectivity index (χ0v) is 50.9. The van der Waals surface area contributed by atoms with Crippen molar-refractivity contribution in [2.75, 3.05) is 62.2 Å². The van der Waals surface area contributed by atoms with Crippen LogP contribution in [0.1, 0.15) is 90.9 Å². The zero-order chi connectivity index (χ0) is 66.7. The number of ether oxygens (including phenoxy) is 4. The molecule has 2 unspecified atom stereocenters. The minimum Gasteiger partial charge on any atom is -0.489 e. The number of anilines is 2. The fourth-order valence-electron chi connectivity index (χ4n) is 11.8. The number of hydrogen-bond donors (Lipinski definition) is 4. The molecule has 4 aliphatic rings. The van der Waals surface area contributed by atoms with Crippen LogP contribution in [0.2, 0.25) is 0 Å². The molecule has 6 N–H and O–H groups in total. The van der Waals surface area contributed by atoms with Crippen LogP contribution in [0.4, 0.5) is 20.2 Å². The van der Waals surface area contributed by atoms with Crippen LogP contribution in [0, 0.1) is 34.3 Å². The van der Waals surface area contributed by atoms with Crippen LogP contribution >= 0.6 is 0 Å². The van der Waals surface area contributed by atoms with E-state index in [0.717, 1.165) is 32.1 Å². The molecule has 4 aliphatic heterocycles. The molecule has 486 valence electrons. The summed E-state index contributed by atoms with van der Waals surface area (Å²) in [6, 6.07) is 35.3. The van der Waals surface area contributed by atoms with E-state index in [9.17, 15) is 57.4 Å². The Morgan fingerprint density at radius 3 is 1.21 bits per heavy atom. The highest BCUT2D eigenvalue weighted by atomic mass is 19.1. The Balaban J connectivity index is 0.635. The predicted molar refractivity (Wildman–Crippen MR) is 330 cm³/mol. The van der Waals surface area contributed by atoms with Gasteiger partial charge in [-0.1, -0.05) is 60.7 Å². The predicted octanol–water partition coefficient (Wildman–Crippen LogP) is 4.25. The van der Waals surface area contributed by atoms with Crippen LogP contribution in [-0.4, -0.2) is 154 Å². The van der Waals surface area contributed by atoms with Gasteiger partial charge in [0, 0.05) is 101 Å². The first-order chi connectivity index (χ1) is 45.2. The fraction of sp³-hybridized carbons (Fsp3) is 0.324. The Hall–Kier alpha value is -10.6. The van der Waals surface area contributed by atoms with E-state index in [2.05, 4.69) is 19.3 Å². The SMILES string of the molecule is N#Cc1ccc(N2CCN(Cc3ccc(COc4cccc5c4CN([C@@H](CCC(=O)OC(=O)C(O)C(O)C(=O)OC(=O)CC[C@@H](C(N)=O)N4Cc6c(OCc7ccc(CN8CCN(c9ccc(C#N)cc9F)CC8)cc7)cccc6C4=O)C(N)=O)C5=O)cc3)CC2)c(F)c1. The lowest BCUT2D eigenvalue weighted by atomic mass is 10.1. The van der Waals surface area contributed by atoms with Gasteiger partial charge in [0.25, 0.3) is 11.8 Å². The third kappa shape index (κ3) is 15.6. The lowest BCUT2D eigenvalue weighted by Crippen LogP contribution is -2.46. The zero-order valence-electron chi connectivity index (χ0n) is 50.9. The maximum Gasteiger partial charge on any atom is 0.346 e. The van der Waals surface area contributed by atoms with E-state index in [4.69, 9.17) is 31.5 Å². The summed E-state index contributed by atoms with van der Waals surface area (Å²) in [5, 5.41) is 39.1. The summed E-state index contributed by atoms with van der Waals surface area (Å²) in [4.78, 5) is 115. The average Bonchev–Trinajstić information content (AvgIpc) is 1.64. The van der Waals surface area contributed by atoms with Gasteiger partial charge in [-0.2, -0.15) is 10.5 Å². The molecule has 4 atom stereocenters. The first-order valence-corrected chi connectivity index (χ1v) is 30.3. The molecule has 6 aromatic carbocycles. The van der Waals surface area contributed by atoms with E-state index in [1.165, 1.54) is 12.1 Å². The van der Waals surface area contributed by atoms with Gasteiger partial charge in [0.1, 0.15) is 48.4 Å². The number of carbonyl (C=O) groups excluding carboxylic acids is 8. The molecule has 0 aliphatic carbocycles. The Labute approximate surface area is 538 Å². The maximum atomic E-state index is 14.6. The van der Waals surface area contributed by atoms with Crippen LogP contribution in [-0.2, 0) is 77.6 Å². The van der Waals surface area contributed by atoms with Crippen molar-refractivity contribution in [3.8, 4) is 23.6 Å². The molecule has 0 saturated carbocycles. The standard InChI is InChI=1S/C68H66F2N10O14/c69-51-31-45(33-71)15-17-53(51)77-27-23-75(24-28-77)35-41-7-11-43(12-8-41)39-91-57-5-1-3-47-49(57)37-79(65(47)87)55(63(73)85)19-21-59(81)93-67(89)61(83)62(84)68(90)94-60(82)22-20-56(64(74)86)80-38-50-48(66(80)88)4-2-6-58(50)92-40-44-13-9-42(10-14-44)36-76-25-29-78(30-26-76)54-18-16-46(34-72)32-52(54)70/h1-18,31-32,55-56,61-62,83-84H,19-30,35-40H2,(H2,73,85)(H2,74,86)/t55-,56-,61?,62?/m0/s1. The van der Waals surface area contributed by atoms with E-state index >= 15 is 0 Å². The van der Waals surface area contributed by atoms with Gasteiger partial charge in [-0.25, -0.2) is 18.4 Å². The second-order valence-electron chi connectivity index (χ2n) is 23.1. The Morgan fingerprint density at radius 1 is 0.511 bits per heavy atom. The number of hydrogen-bond acceptors (Lipinski definition) is 20. The molecule has 10 rings (SSSR count). The van der Waals surface area contributed by atoms with Crippen molar-refractivity contribution >= 4 is 58.9 Å². The van der Waals surface area contributed by atoms with E-state index < -0.39 is 109 Å². The molecule has 0 aromatic heterocycles. The fourth-order valence-corrected chi connectivity index (χ4v) is 11.8. The largest absolute Gasteiger partial charge is 0.489 e. The third-order valence-corrected chi connectivity index (χ3v) is 17.0. The van der Waals surface area contributed by atoms with Gasteiger partial charge in [0.15, 0.2) is 12.2 Å². The number of benzene rings is 6. The van der Waals surface area contributed by atoms with Crippen LogP contribution in [0.25, 0.3) is 0 Å². The molecule has 2 saturated heterocycles. The topological polar surface area (TPSA) is 333 Å². The van der Waals surface area contributed by atoms with Gasteiger partial charge in [-0.05, 0) is 95.8 Å². The van der Waals surface area contributed by atoms with Crippen molar-refractivity contribution in [1.29, 1.82) is 10.5 Å². The smallest absolute Gasteiger partial charge is 0.346 e. The molecule has 0 bridgehead atoms. The lowest BCUT2D eigenvalue weighted by Gasteiger charge is -2.36. The normalized spacial score (nSPS) is 16.0. The summed E-state index contributed by atoms with van der Waals surface area (Å²) in [6.07, 6.45) is -7.84. The highest BCUT2D eigenvalue weighted by Crippen LogP contribution is 2.36. The monoisotopic (exact) mass is 1280 g/mol. The van der Waals surface area contributed by atoms with Crippen LogP contribution in [0.15, 0.2) is 121 Å². The van der Waals surface area contributed by atoms with Gasteiger partial charge in [0.05, 0.1) is 47.7 Å². The molecule has 0 radical (unpaired) electrons. The number of nitrogens with two attached hydrogens (primary N) is 2. The van der Waals surface area contributed by atoms with Crippen molar-refractivity contribution in [3.05, 3.63) is 189 Å². The highest BCUT2D eigenvalue weighted by molar-refractivity contribution is 6.03. The van der Waals surface area contributed by atoms with E-state index in [-0.39, 0.29) is 48.6 Å². The molecular formula is C68H66F2N10O14. The summed E-state index contributed by atoms with van der Waals surface area (Å²) < 4.78 is 50.9. The first-order valence-electron chi connectivity index (χ1n) is 30.3. The third-order valence-electron chi connectivity index (χ3n) is 17.0. The molecule has 6 aromatic rings. The summed E-state index contributed by atoms with van der Waals surface area (Å²) in [5.41, 5.74) is 18.0. The number of halogens is 2. The van der Waals surface area contributed by atoms with Gasteiger partial charge < -0.3 is 60.2 Å². The Morgan fingerprint density at radius 2 is 0.872 bits per heavy atom. The van der Waals surface area contributed by atoms with Crippen molar-refractivity contribution in [1.82, 2.24) is 19.6 Å². The number of nitrogens with zero attached hydrogens (tertiary/aromatic N) is 8.